The molecule has 1 aliphatic carbocycles. The zero-order valence-corrected chi connectivity index (χ0v) is 14.8. The van der Waals surface area contributed by atoms with E-state index in [-0.39, 0.29) is 11.3 Å². The van der Waals surface area contributed by atoms with Gasteiger partial charge >= 0.3 is 0 Å². The van der Waals surface area contributed by atoms with Gasteiger partial charge in [-0.1, -0.05) is 31.4 Å². The van der Waals surface area contributed by atoms with Crippen molar-refractivity contribution >= 4 is 5.91 Å². The van der Waals surface area contributed by atoms with Crippen LogP contribution in [0.4, 0.5) is 0 Å². The van der Waals surface area contributed by atoms with Gasteiger partial charge in [0.05, 0.1) is 7.11 Å². The molecule has 1 heterocycles. The van der Waals surface area contributed by atoms with E-state index in [1.165, 1.54) is 31.2 Å². The van der Waals surface area contributed by atoms with E-state index in [4.69, 9.17) is 4.74 Å². The van der Waals surface area contributed by atoms with E-state index < -0.39 is 0 Å². The molecule has 1 aromatic carbocycles. The van der Waals surface area contributed by atoms with Crippen molar-refractivity contribution in [2.24, 2.45) is 0 Å². The zero-order valence-electron chi connectivity index (χ0n) is 14.8. The summed E-state index contributed by atoms with van der Waals surface area (Å²) in [5.74, 6) is 1.08. The van der Waals surface area contributed by atoms with Crippen molar-refractivity contribution in [3.05, 3.63) is 29.8 Å². The average molecular weight is 330 g/mol. The highest BCUT2D eigenvalue weighted by Gasteiger charge is 2.34. The molecule has 1 saturated carbocycles. The third-order valence-electron chi connectivity index (χ3n) is 5.73. The molecule has 2 fully saturated rings. The Bertz CT molecular complexity index is 529. The van der Waals surface area contributed by atoms with Crippen LogP contribution in [-0.4, -0.2) is 32.1 Å². The van der Waals surface area contributed by atoms with Gasteiger partial charge in [0.25, 0.3) is 0 Å². The van der Waals surface area contributed by atoms with Gasteiger partial charge in [-0.3, -0.25) is 4.79 Å². The Hall–Kier alpha value is -1.55. The molecule has 1 amide bonds. The van der Waals surface area contributed by atoms with E-state index in [0.29, 0.717) is 12.5 Å². The fourth-order valence-electron chi connectivity index (χ4n) is 4.24. The number of amides is 1. The summed E-state index contributed by atoms with van der Waals surface area (Å²) in [7, 11) is 1.70. The molecule has 0 bridgehead atoms. The quantitative estimate of drug-likeness (QED) is 0.842. The fraction of sp³-hybridized carbons (Fsp3) is 0.650. The van der Waals surface area contributed by atoms with Gasteiger partial charge in [-0.15, -0.1) is 0 Å². The first-order valence-corrected chi connectivity index (χ1v) is 9.36. The summed E-state index contributed by atoms with van der Waals surface area (Å²) in [5, 5.41) is 6.64. The number of benzene rings is 1. The molecule has 132 valence electrons. The largest absolute Gasteiger partial charge is 0.497 e. The molecule has 4 heteroatoms. The maximum absolute atomic E-state index is 12.3. The third kappa shape index (κ3) is 4.10. The molecule has 1 unspecified atom stereocenters. The molecule has 0 radical (unpaired) electrons. The van der Waals surface area contributed by atoms with Gasteiger partial charge in [0, 0.05) is 24.4 Å². The van der Waals surface area contributed by atoms with Crippen molar-refractivity contribution in [2.75, 3.05) is 20.2 Å². The second-order valence-electron chi connectivity index (χ2n) is 7.34. The maximum atomic E-state index is 12.3. The summed E-state index contributed by atoms with van der Waals surface area (Å²) < 4.78 is 5.29. The van der Waals surface area contributed by atoms with Crippen LogP contribution < -0.4 is 15.4 Å². The van der Waals surface area contributed by atoms with Crippen LogP contribution in [0.5, 0.6) is 5.75 Å². The second kappa shape index (κ2) is 8.02. The van der Waals surface area contributed by atoms with E-state index in [2.05, 4.69) is 22.8 Å². The average Bonchev–Trinajstić information content (AvgIpc) is 3.14. The molecule has 0 spiro atoms. The molecule has 2 N–H and O–H groups in total. The van der Waals surface area contributed by atoms with Crippen LogP contribution in [-0.2, 0) is 10.2 Å². The molecule has 4 nitrogen and oxygen atoms in total. The lowest BCUT2D eigenvalue weighted by Gasteiger charge is -2.38. The summed E-state index contributed by atoms with van der Waals surface area (Å²) in [6, 6.07) is 8.79. The zero-order chi connectivity index (χ0) is 16.8. The normalized spacial score (nSPS) is 23.0. The first kappa shape index (κ1) is 17.3. The van der Waals surface area contributed by atoms with E-state index in [0.717, 1.165) is 38.1 Å². The van der Waals surface area contributed by atoms with Crippen LogP contribution >= 0.6 is 0 Å². The molecule has 1 aromatic rings. The van der Waals surface area contributed by atoms with Gasteiger partial charge in [-0.05, 0) is 49.9 Å². The highest BCUT2D eigenvalue weighted by atomic mass is 16.5. The summed E-state index contributed by atoms with van der Waals surface area (Å²) in [5.41, 5.74) is 1.42. The molecule has 2 aliphatic rings. The highest BCUT2D eigenvalue weighted by molar-refractivity contribution is 5.76. The lowest BCUT2D eigenvalue weighted by molar-refractivity contribution is -0.121. The van der Waals surface area contributed by atoms with E-state index in [9.17, 15) is 4.79 Å². The predicted octanol–water partition coefficient (Wildman–Crippen LogP) is 3.16. The number of hydrogen-bond donors (Lipinski definition) is 2. The highest BCUT2D eigenvalue weighted by Crippen LogP contribution is 2.39. The first-order valence-electron chi connectivity index (χ1n) is 9.36. The van der Waals surface area contributed by atoms with Crippen LogP contribution in [0.15, 0.2) is 24.3 Å². The Morgan fingerprint density at radius 1 is 1.21 bits per heavy atom. The second-order valence-corrected chi connectivity index (χ2v) is 7.34. The van der Waals surface area contributed by atoms with Gasteiger partial charge in [-0.25, -0.2) is 0 Å². The van der Waals surface area contributed by atoms with Crippen molar-refractivity contribution in [2.45, 2.75) is 62.8 Å². The Labute approximate surface area is 145 Å². The minimum absolute atomic E-state index is 0.0866. The Kier molecular flexibility index (Phi) is 5.77. The van der Waals surface area contributed by atoms with Gasteiger partial charge in [0.15, 0.2) is 0 Å². The van der Waals surface area contributed by atoms with E-state index >= 15 is 0 Å². The SMILES string of the molecule is COc1ccc(C2(CNC(=O)CC3CCCN3)CCCCC2)cc1. The van der Waals surface area contributed by atoms with Crippen LogP contribution in [0.25, 0.3) is 0 Å². The van der Waals surface area contributed by atoms with Crippen molar-refractivity contribution in [1.82, 2.24) is 10.6 Å². The maximum Gasteiger partial charge on any atom is 0.221 e. The number of nitrogens with one attached hydrogen (secondary N) is 2. The summed E-state index contributed by atoms with van der Waals surface area (Å²) in [6.07, 6.45) is 9.02. The number of ether oxygens (including phenoxy) is 1. The number of hydrogen-bond acceptors (Lipinski definition) is 3. The summed E-state index contributed by atoms with van der Waals surface area (Å²) >= 11 is 0. The Morgan fingerprint density at radius 2 is 1.96 bits per heavy atom. The third-order valence-corrected chi connectivity index (χ3v) is 5.73. The fourth-order valence-corrected chi connectivity index (χ4v) is 4.24. The number of carbonyl (C=O) groups is 1. The Morgan fingerprint density at radius 3 is 2.58 bits per heavy atom. The minimum atomic E-state index is 0.0866. The molecule has 3 rings (SSSR count). The summed E-state index contributed by atoms with van der Waals surface area (Å²) in [6.45, 7) is 1.80. The smallest absolute Gasteiger partial charge is 0.221 e. The molecular formula is C20H30N2O2. The molecule has 1 aliphatic heterocycles. The van der Waals surface area contributed by atoms with Crippen molar-refractivity contribution < 1.29 is 9.53 Å². The van der Waals surface area contributed by atoms with Crippen LogP contribution in [0.1, 0.15) is 56.9 Å². The van der Waals surface area contributed by atoms with Crippen molar-refractivity contribution in [1.29, 1.82) is 0 Å². The van der Waals surface area contributed by atoms with Crippen molar-refractivity contribution in [3.63, 3.8) is 0 Å². The van der Waals surface area contributed by atoms with Crippen LogP contribution in [0.2, 0.25) is 0 Å². The van der Waals surface area contributed by atoms with Crippen LogP contribution in [0.3, 0.4) is 0 Å². The van der Waals surface area contributed by atoms with Gasteiger partial charge in [0.1, 0.15) is 5.75 Å². The molecule has 1 saturated heterocycles. The number of carbonyl (C=O) groups excluding carboxylic acids is 1. The molecular weight excluding hydrogens is 300 g/mol. The van der Waals surface area contributed by atoms with Crippen molar-refractivity contribution in [3.8, 4) is 5.75 Å². The topological polar surface area (TPSA) is 50.4 Å². The molecule has 0 aromatic heterocycles. The number of rotatable bonds is 6. The molecule has 1 atom stereocenters. The molecule has 24 heavy (non-hydrogen) atoms. The Balaban J connectivity index is 1.65. The minimum Gasteiger partial charge on any atom is -0.497 e. The van der Waals surface area contributed by atoms with Gasteiger partial charge in [-0.2, -0.15) is 0 Å². The summed E-state index contributed by atoms with van der Waals surface area (Å²) in [4.78, 5) is 12.3. The van der Waals surface area contributed by atoms with E-state index in [1.54, 1.807) is 7.11 Å². The van der Waals surface area contributed by atoms with Gasteiger partial charge < -0.3 is 15.4 Å². The lowest BCUT2D eigenvalue weighted by Crippen LogP contribution is -2.43. The standard InChI is InChI=1S/C20H30N2O2/c1-24-18-9-7-16(8-10-18)20(11-3-2-4-12-20)15-22-19(23)14-17-6-5-13-21-17/h7-10,17,21H,2-6,11-15H2,1H3,(H,22,23). The monoisotopic (exact) mass is 330 g/mol. The first-order chi connectivity index (χ1) is 11.7. The van der Waals surface area contributed by atoms with Crippen LogP contribution in [0, 0.1) is 0 Å². The van der Waals surface area contributed by atoms with E-state index in [1.807, 2.05) is 12.1 Å². The predicted molar refractivity (Wildman–Crippen MR) is 96.4 cm³/mol. The van der Waals surface area contributed by atoms with Gasteiger partial charge in [0.2, 0.25) is 5.91 Å². The number of methoxy groups -OCH3 is 1. The lowest BCUT2D eigenvalue weighted by atomic mass is 9.69.